The summed E-state index contributed by atoms with van der Waals surface area (Å²) in [4.78, 5) is 11.6. The third kappa shape index (κ3) is 29.7. The molecule has 0 bridgehead atoms. The van der Waals surface area contributed by atoms with Crippen molar-refractivity contribution in [1.29, 1.82) is 0 Å². The van der Waals surface area contributed by atoms with Crippen LogP contribution in [0.3, 0.4) is 0 Å². The maximum Gasteiger partial charge on any atom is 0.407 e. The maximum absolute atomic E-state index is 11.6. The topological polar surface area (TPSA) is 149 Å². The van der Waals surface area contributed by atoms with Gasteiger partial charge in [-0.1, -0.05) is 30.3 Å². The van der Waals surface area contributed by atoms with Crippen molar-refractivity contribution in [2.75, 3.05) is 152 Å². The minimum absolute atomic E-state index is 0.0704. The molecule has 1 atom stereocenters. The molecule has 15 heteroatoms. The van der Waals surface area contributed by atoms with Crippen molar-refractivity contribution >= 4 is 6.09 Å². The average Bonchev–Trinajstić information content (AvgIpc) is 3.15. The molecular formula is C35H61NO14. The molecule has 1 unspecified atom stereocenters. The van der Waals surface area contributed by atoms with Crippen LogP contribution in [0.2, 0.25) is 0 Å². The zero-order chi connectivity index (χ0) is 35.3. The smallest absolute Gasteiger partial charge is 0.407 e. The molecule has 1 amide bonds. The van der Waals surface area contributed by atoms with Crippen molar-refractivity contribution in [3.8, 4) is 0 Å². The number of carbonyl (C=O) groups excluding carboxylic acids is 1. The lowest BCUT2D eigenvalue weighted by atomic mass is 10.2. The standard InChI is InChI=1S/C35H61NO14/c37-35(50-32-33-6-2-1-3-7-33)36-9-11-38-12-13-39-14-15-40-16-17-41-18-19-42-20-21-43-22-23-44-24-25-45-26-27-46-28-29-47-30-31-49-34-8-4-5-10-48-34/h1-3,6-7,34H,4-5,8-32H2,(H,36,37). The van der Waals surface area contributed by atoms with Crippen LogP contribution in [0.1, 0.15) is 24.8 Å². The average molecular weight is 720 g/mol. The van der Waals surface area contributed by atoms with Crippen molar-refractivity contribution in [3.05, 3.63) is 35.9 Å². The number of benzene rings is 1. The van der Waals surface area contributed by atoms with E-state index in [2.05, 4.69) is 5.32 Å². The summed E-state index contributed by atoms with van der Waals surface area (Å²) in [6, 6.07) is 9.51. The van der Waals surface area contributed by atoms with Gasteiger partial charge in [0.05, 0.1) is 139 Å². The Morgan fingerprint density at radius 1 is 0.540 bits per heavy atom. The van der Waals surface area contributed by atoms with Crippen LogP contribution < -0.4 is 5.32 Å². The predicted octanol–water partition coefficient (Wildman–Crippen LogP) is 2.62. The Morgan fingerprint density at radius 3 is 1.34 bits per heavy atom. The molecule has 2 rings (SSSR count). The Hall–Kier alpha value is -1.99. The predicted molar refractivity (Wildman–Crippen MR) is 182 cm³/mol. The van der Waals surface area contributed by atoms with Crippen LogP contribution in [0.5, 0.6) is 0 Å². The highest BCUT2D eigenvalue weighted by molar-refractivity contribution is 5.67. The first-order chi connectivity index (χ1) is 24.8. The summed E-state index contributed by atoms with van der Waals surface area (Å²) in [5.41, 5.74) is 0.938. The third-order valence-electron chi connectivity index (χ3n) is 6.75. The lowest BCUT2D eigenvalue weighted by Crippen LogP contribution is -2.28. The summed E-state index contributed by atoms with van der Waals surface area (Å²) >= 11 is 0. The van der Waals surface area contributed by atoms with E-state index in [-0.39, 0.29) is 12.9 Å². The Labute approximate surface area is 297 Å². The molecule has 1 aromatic carbocycles. The molecule has 1 heterocycles. The van der Waals surface area contributed by atoms with Gasteiger partial charge in [-0.3, -0.25) is 0 Å². The van der Waals surface area contributed by atoms with Gasteiger partial charge in [0.15, 0.2) is 6.29 Å². The Bertz CT molecular complexity index is 850. The van der Waals surface area contributed by atoms with E-state index in [1.807, 2.05) is 30.3 Å². The van der Waals surface area contributed by atoms with Crippen LogP contribution >= 0.6 is 0 Å². The molecule has 0 radical (unpaired) electrons. The van der Waals surface area contributed by atoms with Gasteiger partial charge in [-0.2, -0.15) is 0 Å². The van der Waals surface area contributed by atoms with Crippen molar-refractivity contribution in [2.45, 2.75) is 32.2 Å². The third-order valence-corrected chi connectivity index (χ3v) is 6.75. The Morgan fingerprint density at radius 2 is 0.940 bits per heavy atom. The lowest BCUT2D eigenvalue weighted by molar-refractivity contribution is -0.169. The van der Waals surface area contributed by atoms with Gasteiger partial charge >= 0.3 is 6.09 Å². The number of alkyl carbamates (subject to hydrolysis) is 1. The van der Waals surface area contributed by atoms with E-state index in [0.717, 1.165) is 31.4 Å². The van der Waals surface area contributed by atoms with Crippen LogP contribution in [0.4, 0.5) is 4.79 Å². The second-order valence-electron chi connectivity index (χ2n) is 10.8. The molecule has 0 saturated carbocycles. The lowest BCUT2D eigenvalue weighted by Gasteiger charge is -2.22. The molecule has 1 aliphatic rings. The van der Waals surface area contributed by atoms with Gasteiger partial charge in [-0.25, -0.2) is 4.79 Å². The minimum atomic E-state index is -0.469. The molecule has 15 nitrogen and oxygen atoms in total. The fourth-order valence-electron chi connectivity index (χ4n) is 4.16. The van der Waals surface area contributed by atoms with Crippen LogP contribution in [-0.4, -0.2) is 164 Å². The van der Waals surface area contributed by atoms with Crippen molar-refractivity contribution in [2.24, 2.45) is 0 Å². The Kier molecular flexibility index (Phi) is 31.3. The molecule has 0 aromatic heterocycles. The highest BCUT2D eigenvalue weighted by Gasteiger charge is 2.13. The fourth-order valence-corrected chi connectivity index (χ4v) is 4.16. The van der Waals surface area contributed by atoms with Crippen LogP contribution in [-0.2, 0) is 68.2 Å². The van der Waals surface area contributed by atoms with E-state index in [0.29, 0.717) is 145 Å². The SMILES string of the molecule is O=C(NCCOCCOCCOCCOCCOCCOCCOCCOCCOCCOCCOC1CCCCO1)OCc1ccccc1. The van der Waals surface area contributed by atoms with Gasteiger partial charge in [-0.15, -0.1) is 0 Å². The molecule has 1 N–H and O–H groups in total. The number of nitrogens with one attached hydrogen (secondary N) is 1. The van der Waals surface area contributed by atoms with Gasteiger partial charge < -0.3 is 66.9 Å². The van der Waals surface area contributed by atoms with Crippen LogP contribution in [0.25, 0.3) is 0 Å². The molecule has 50 heavy (non-hydrogen) atoms. The second kappa shape index (κ2) is 35.4. The van der Waals surface area contributed by atoms with Crippen molar-refractivity contribution in [1.82, 2.24) is 5.32 Å². The Balaban J connectivity index is 1.13. The van der Waals surface area contributed by atoms with E-state index in [4.69, 9.17) is 61.6 Å². The summed E-state index contributed by atoms with van der Waals surface area (Å²) in [6.45, 7) is 11.7. The summed E-state index contributed by atoms with van der Waals surface area (Å²) in [5, 5.41) is 2.64. The first-order valence-electron chi connectivity index (χ1n) is 17.8. The van der Waals surface area contributed by atoms with E-state index in [1.165, 1.54) is 0 Å². The molecule has 0 spiro atoms. The molecule has 1 saturated heterocycles. The molecule has 1 fully saturated rings. The largest absolute Gasteiger partial charge is 0.445 e. The first-order valence-corrected chi connectivity index (χ1v) is 17.8. The number of hydrogen-bond acceptors (Lipinski definition) is 14. The van der Waals surface area contributed by atoms with Crippen LogP contribution in [0, 0.1) is 0 Å². The normalized spacial score (nSPS) is 14.6. The molecule has 1 aliphatic heterocycles. The highest BCUT2D eigenvalue weighted by Crippen LogP contribution is 2.13. The van der Waals surface area contributed by atoms with Gasteiger partial charge in [-0.05, 0) is 24.8 Å². The summed E-state index contributed by atoms with van der Waals surface area (Å²) in [7, 11) is 0. The number of rotatable bonds is 36. The zero-order valence-corrected chi connectivity index (χ0v) is 29.8. The van der Waals surface area contributed by atoms with Gasteiger partial charge in [0.1, 0.15) is 6.61 Å². The van der Waals surface area contributed by atoms with E-state index >= 15 is 0 Å². The van der Waals surface area contributed by atoms with Gasteiger partial charge in [0, 0.05) is 13.2 Å². The number of hydrogen-bond donors (Lipinski definition) is 1. The number of amides is 1. The molecule has 290 valence electrons. The van der Waals surface area contributed by atoms with Gasteiger partial charge in [0.25, 0.3) is 0 Å². The van der Waals surface area contributed by atoms with Gasteiger partial charge in [0.2, 0.25) is 0 Å². The molecule has 0 aliphatic carbocycles. The number of carbonyl (C=O) groups is 1. The maximum atomic E-state index is 11.6. The zero-order valence-electron chi connectivity index (χ0n) is 29.8. The van der Waals surface area contributed by atoms with E-state index in [1.54, 1.807) is 0 Å². The quantitative estimate of drug-likeness (QED) is 0.101. The first kappa shape index (κ1) is 44.2. The minimum Gasteiger partial charge on any atom is -0.445 e. The monoisotopic (exact) mass is 719 g/mol. The highest BCUT2D eigenvalue weighted by atomic mass is 16.7. The summed E-state index contributed by atoms with van der Waals surface area (Å²) < 4.78 is 71.0. The van der Waals surface area contributed by atoms with E-state index < -0.39 is 6.09 Å². The summed E-state index contributed by atoms with van der Waals surface area (Å²) in [5.74, 6) is 0. The van der Waals surface area contributed by atoms with Crippen molar-refractivity contribution in [3.63, 3.8) is 0 Å². The fraction of sp³-hybridized carbons (Fsp3) is 0.800. The van der Waals surface area contributed by atoms with Crippen molar-refractivity contribution < 1.29 is 66.4 Å². The number of ether oxygens (including phenoxy) is 13. The second-order valence-corrected chi connectivity index (χ2v) is 10.8. The molecular weight excluding hydrogens is 658 g/mol. The van der Waals surface area contributed by atoms with Crippen LogP contribution in [0.15, 0.2) is 30.3 Å². The molecule has 1 aromatic rings. The van der Waals surface area contributed by atoms with E-state index in [9.17, 15) is 4.79 Å². The summed E-state index contributed by atoms with van der Waals surface area (Å²) in [6.07, 6.45) is 2.71.